The molecule has 212 valence electrons. The van der Waals surface area contributed by atoms with E-state index in [0.717, 1.165) is 28.1 Å². The Bertz CT molecular complexity index is 1830. The average molecular weight is 565 g/mol. The monoisotopic (exact) mass is 564 g/mol. The molecule has 0 atom stereocenters. The van der Waals surface area contributed by atoms with Gasteiger partial charge >= 0.3 is 11.9 Å². The van der Waals surface area contributed by atoms with Crippen molar-refractivity contribution in [2.24, 2.45) is 0 Å². The van der Waals surface area contributed by atoms with Crippen molar-refractivity contribution >= 4 is 33.7 Å². The summed E-state index contributed by atoms with van der Waals surface area (Å²) in [5, 5.41) is 28.4. The van der Waals surface area contributed by atoms with Gasteiger partial charge in [-0.2, -0.15) is 10.2 Å². The van der Waals surface area contributed by atoms with Gasteiger partial charge in [-0.05, 0) is 59.7 Å². The third-order valence-corrected chi connectivity index (χ3v) is 6.74. The van der Waals surface area contributed by atoms with E-state index in [-0.39, 0.29) is 11.1 Å². The van der Waals surface area contributed by atoms with E-state index in [2.05, 4.69) is 10.2 Å². The zero-order valence-corrected chi connectivity index (χ0v) is 23.0. The molecule has 2 aromatic heterocycles. The lowest BCUT2D eigenvalue weighted by Gasteiger charge is -2.06. The van der Waals surface area contributed by atoms with E-state index in [4.69, 9.17) is 9.47 Å². The number of ether oxygens (including phenoxy) is 2. The molecule has 0 aliphatic rings. The molecule has 0 aliphatic heterocycles. The van der Waals surface area contributed by atoms with Crippen LogP contribution in [-0.2, 0) is 13.1 Å². The maximum absolute atomic E-state index is 11.2. The van der Waals surface area contributed by atoms with Crippen LogP contribution in [0.2, 0.25) is 0 Å². The van der Waals surface area contributed by atoms with Gasteiger partial charge in [-0.3, -0.25) is 9.36 Å². The number of benzene rings is 4. The van der Waals surface area contributed by atoms with E-state index in [1.165, 1.54) is 0 Å². The minimum atomic E-state index is -0.940. The lowest BCUT2D eigenvalue weighted by Crippen LogP contribution is -2.02. The summed E-state index contributed by atoms with van der Waals surface area (Å²) in [4.78, 5) is 22.4. The zero-order valence-electron chi connectivity index (χ0n) is 23.0. The minimum Gasteiger partial charge on any atom is -0.497 e. The highest BCUT2D eigenvalue weighted by Gasteiger charge is 2.13. The second kappa shape index (κ2) is 12.3. The highest BCUT2D eigenvalue weighted by molar-refractivity contribution is 6.03. The molecule has 0 fully saturated rings. The van der Waals surface area contributed by atoms with Gasteiger partial charge in [0.05, 0.1) is 55.7 Å². The predicted octanol–water partition coefficient (Wildman–Crippen LogP) is 5.58. The molecule has 0 bridgehead atoms. The third-order valence-electron chi connectivity index (χ3n) is 6.74. The van der Waals surface area contributed by atoms with Gasteiger partial charge < -0.3 is 19.7 Å². The summed E-state index contributed by atoms with van der Waals surface area (Å²) in [6, 6.07) is 25.7. The number of carboxylic acid groups (broad SMARTS) is 2. The zero-order chi connectivity index (χ0) is 29.6. The van der Waals surface area contributed by atoms with Crippen molar-refractivity contribution in [2.45, 2.75) is 13.1 Å². The second-order valence-corrected chi connectivity index (χ2v) is 9.41. The fraction of sp³-hybridized carbons (Fsp3) is 0.125. The number of fused-ring (bicyclic) bond motifs is 2. The van der Waals surface area contributed by atoms with Gasteiger partial charge in [0, 0.05) is 17.0 Å². The van der Waals surface area contributed by atoms with Crippen LogP contribution in [0.25, 0.3) is 21.8 Å². The maximum Gasteiger partial charge on any atom is 0.336 e. The molecule has 0 saturated heterocycles. The topological polar surface area (TPSA) is 129 Å². The predicted molar refractivity (Wildman–Crippen MR) is 158 cm³/mol. The Balaban J connectivity index is 0.000000168. The number of nitrogens with zero attached hydrogens (tertiary/aromatic N) is 4. The number of rotatable bonds is 8. The van der Waals surface area contributed by atoms with Crippen molar-refractivity contribution < 1.29 is 29.3 Å². The smallest absolute Gasteiger partial charge is 0.336 e. The Morgan fingerprint density at radius 1 is 0.714 bits per heavy atom. The summed E-state index contributed by atoms with van der Waals surface area (Å²) in [7, 11) is 3.26. The van der Waals surface area contributed by atoms with Gasteiger partial charge in [-0.25, -0.2) is 9.59 Å². The van der Waals surface area contributed by atoms with E-state index in [0.29, 0.717) is 29.4 Å². The lowest BCUT2D eigenvalue weighted by molar-refractivity contribution is 0.0688. The van der Waals surface area contributed by atoms with Gasteiger partial charge in [0.15, 0.2) is 0 Å². The van der Waals surface area contributed by atoms with Gasteiger partial charge in [0.2, 0.25) is 0 Å². The Kier molecular flexibility index (Phi) is 8.14. The van der Waals surface area contributed by atoms with E-state index in [9.17, 15) is 19.8 Å². The first-order valence-electron chi connectivity index (χ1n) is 13.0. The fourth-order valence-corrected chi connectivity index (χ4v) is 4.60. The molecule has 0 unspecified atom stereocenters. The van der Waals surface area contributed by atoms with Crippen LogP contribution in [0.3, 0.4) is 0 Å². The SMILES string of the molecule is COc1ccc(Cn2cc3c(C(=O)O)cccc3n2)cc1.COc1ccc(Cn2ncc3c(C(=O)O)cccc32)cc1. The van der Waals surface area contributed by atoms with E-state index >= 15 is 0 Å². The number of carbonyl (C=O) groups is 2. The molecule has 10 heteroatoms. The standard InChI is InChI=1S/2C16H14N2O3/c1-21-12-7-5-11(6-8-12)10-18-15-4-2-3-13(16(19)20)14(15)9-17-18;1-21-12-7-5-11(6-8-12)9-18-10-14-13(16(19)20)3-2-4-15(14)17-18/h2-9H,10H2,1H3,(H,19,20);2-8,10H,9H2,1H3,(H,19,20). The van der Waals surface area contributed by atoms with Crippen LogP contribution in [0.5, 0.6) is 11.5 Å². The van der Waals surface area contributed by atoms with Crippen molar-refractivity contribution in [1.29, 1.82) is 0 Å². The summed E-state index contributed by atoms with van der Waals surface area (Å²) >= 11 is 0. The molecule has 42 heavy (non-hydrogen) atoms. The van der Waals surface area contributed by atoms with Gasteiger partial charge in [-0.15, -0.1) is 0 Å². The molecule has 6 rings (SSSR count). The van der Waals surface area contributed by atoms with E-state index < -0.39 is 11.9 Å². The van der Waals surface area contributed by atoms with Crippen molar-refractivity contribution in [3.8, 4) is 11.5 Å². The Morgan fingerprint density at radius 2 is 1.26 bits per heavy atom. The quantitative estimate of drug-likeness (QED) is 0.245. The molecular formula is C32H28N4O6. The average Bonchev–Trinajstić information content (AvgIpc) is 3.61. The van der Waals surface area contributed by atoms with E-state index in [1.54, 1.807) is 60.2 Å². The molecule has 2 N–H and O–H groups in total. The molecule has 0 radical (unpaired) electrons. The molecular weight excluding hydrogens is 536 g/mol. The largest absolute Gasteiger partial charge is 0.497 e. The second-order valence-electron chi connectivity index (χ2n) is 9.41. The maximum atomic E-state index is 11.2. The number of aromatic nitrogens is 4. The number of carboxylic acids is 2. The summed E-state index contributed by atoms with van der Waals surface area (Å²) in [6.07, 6.45) is 3.37. The lowest BCUT2D eigenvalue weighted by atomic mass is 10.1. The highest BCUT2D eigenvalue weighted by Crippen LogP contribution is 2.21. The molecule has 10 nitrogen and oxygen atoms in total. The van der Waals surface area contributed by atoms with Crippen LogP contribution in [0, 0.1) is 0 Å². The molecule has 0 amide bonds. The van der Waals surface area contributed by atoms with Crippen LogP contribution in [0.1, 0.15) is 31.8 Å². The van der Waals surface area contributed by atoms with Crippen LogP contribution in [0.4, 0.5) is 0 Å². The van der Waals surface area contributed by atoms with Crippen LogP contribution < -0.4 is 9.47 Å². The first-order valence-corrected chi connectivity index (χ1v) is 13.0. The van der Waals surface area contributed by atoms with Crippen LogP contribution >= 0.6 is 0 Å². The number of hydrogen-bond donors (Lipinski definition) is 2. The third kappa shape index (κ3) is 6.07. The van der Waals surface area contributed by atoms with Gasteiger partial charge in [0.25, 0.3) is 0 Å². The summed E-state index contributed by atoms with van der Waals surface area (Å²) in [5.41, 5.74) is 4.18. The summed E-state index contributed by atoms with van der Waals surface area (Å²) in [6.45, 7) is 1.16. The van der Waals surface area contributed by atoms with Gasteiger partial charge in [-0.1, -0.05) is 36.4 Å². The highest BCUT2D eigenvalue weighted by atomic mass is 16.5. The van der Waals surface area contributed by atoms with Gasteiger partial charge in [0.1, 0.15) is 11.5 Å². The fourth-order valence-electron chi connectivity index (χ4n) is 4.60. The minimum absolute atomic E-state index is 0.272. The van der Waals surface area contributed by atoms with Crippen molar-refractivity contribution in [2.75, 3.05) is 14.2 Å². The molecule has 2 heterocycles. The number of hydrogen-bond acceptors (Lipinski definition) is 6. The van der Waals surface area contributed by atoms with Crippen LogP contribution in [0.15, 0.2) is 97.3 Å². The summed E-state index contributed by atoms with van der Waals surface area (Å²) < 4.78 is 13.8. The summed E-state index contributed by atoms with van der Waals surface area (Å²) in [5.74, 6) is -0.274. The molecule has 0 spiro atoms. The Labute approximate surface area is 241 Å². The Hall–Kier alpha value is -5.64. The normalized spacial score (nSPS) is 10.7. The van der Waals surface area contributed by atoms with Crippen molar-refractivity contribution in [1.82, 2.24) is 19.6 Å². The molecule has 0 aliphatic carbocycles. The van der Waals surface area contributed by atoms with Crippen molar-refractivity contribution in [3.05, 3.63) is 120 Å². The first-order chi connectivity index (χ1) is 20.4. The first kappa shape index (κ1) is 27.9. The molecule has 6 aromatic rings. The van der Waals surface area contributed by atoms with E-state index in [1.807, 2.05) is 60.7 Å². The van der Waals surface area contributed by atoms with Crippen molar-refractivity contribution in [3.63, 3.8) is 0 Å². The molecule has 0 saturated carbocycles. The molecule has 4 aromatic carbocycles. The number of methoxy groups -OCH3 is 2. The number of aromatic carboxylic acids is 2. The Morgan fingerprint density at radius 3 is 1.83 bits per heavy atom. The van der Waals surface area contributed by atoms with Crippen LogP contribution in [-0.4, -0.2) is 55.9 Å².